The van der Waals surface area contributed by atoms with Gasteiger partial charge in [0.1, 0.15) is 5.82 Å². The molecule has 3 aliphatic rings. The first-order chi connectivity index (χ1) is 14.2. The summed E-state index contributed by atoms with van der Waals surface area (Å²) in [5.41, 5.74) is 2.07. The summed E-state index contributed by atoms with van der Waals surface area (Å²) < 4.78 is 14.7. The molecule has 0 aliphatic heterocycles. The van der Waals surface area contributed by atoms with E-state index in [0.29, 0.717) is 5.92 Å². The molecule has 0 bridgehead atoms. The van der Waals surface area contributed by atoms with Crippen LogP contribution < -0.4 is 0 Å². The number of hydrogen-bond donors (Lipinski definition) is 0. The first-order valence-corrected chi connectivity index (χ1v) is 12.2. The van der Waals surface area contributed by atoms with Gasteiger partial charge in [0.25, 0.3) is 0 Å². The topological polar surface area (TPSA) is 0 Å². The number of benzene rings is 1. The standard InChI is InChI=1S/C28H39F/c1-3-5-6-21-8-16-27(28(29)18-21)23-12-10-22(11-13-23)25-15-14-24-17-20(4-2)7-9-26(24)19-25/h3-4,8,16,18,20,22-26H,1-2,5-7,9-15,17,19H2. The van der Waals surface area contributed by atoms with Gasteiger partial charge in [0.05, 0.1) is 0 Å². The second kappa shape index (κ2) is 9.63. The zero-order chi connectivity index (χ0) is 20.2. The second-order valence-corrected chi connectivity index (χ2v) is 10.2. The van der Waals surface area contributed by atoms with Gasteiger partial charge in [-0.3, -0.25) is 0 Å². The minimum Gasteiger partial charge on any atom is -0.207 e. The van der Waals surface area contributed by atoms with Gasteiger partial charge in [-0.1, -0.05) is 24.3 Å². The summed E-state index contributed by atoms with van der Waals surface area (Å²) in [5.74, 6) is 4.99. The molecule has 4 unspecified atom stereocenters. The van der Waals surface area contributed by atoms with Crippen molar-refractivity contribution in [1.82, 2.24) is 0 Å². The molecule has 3 aliphatic carbocycles. The number of aryl methyl sites for hydroxylation is 1. The molecule has 4 atom stereocenters. The van der Waals surface area contributed by atoms with Crippen LogP contribution in [0.5, 0.6) is 0 Å². The molecule has 0 spiro atoms. The van der Waals surface area contributed by atoms with Crippen LogP contribution in [0.25, 0.3) is 0 Å². The highest BCUT2D eigenvalue weighted by Gasteiger charge is 2.38. The van der Waals surface area contributed by atoms with E-state index in [9.17, 15) is 4.39 Å². The molecule has 0 nitrogen and oxygen atoms in total. The maximum Gasteiger partial charge on any atom is 0.126 e. The number of halogens is 1. The van der Waals surface area contributed by atoms with Crippen LogP contribution in [-0.2, 0) is 6.42 Å². The summed E-state index contributed by atoms with van der Waals surface area (Å²) in [7, 11) is 0. The zero-order valence-corrected chi connectivity index (χ0v) is 18.1. The lowest BCUT2D eigenvalue weighted by molar-refractivity contribution is 0.0718. The van der Waals surface area contributed by atoms with Crippen LogP contribution in [0.3, 0.4) is 0 Å². The van der Waals surface area contributed by atoms with Crippen LogP contribution in [-0.4, -0.2) is 0 Å². The Morgan fingerprint density at radius 1 is 0.828 bits per heavy atom. The third-order valence-corrected chi connectivity index (χ3v) is 8.61. The molecule has 3 fully saturated rings. The predicted molar refractivity (Wildman–Crippen MR) is 121 cm³/mol. The van der Waals surface area contributed by atoms with Crippen molar-refractivity contribution in [3.8, 4) is 0 Å². The Morgan fingerprint density at radius 3 is 2.17 bits per heavy atom. The Hall–Kier alpha value is -1.37. The SMILES string of the molecule is C=CCCc1ccc(C2CCC(C3CCC4CC(C=C)CCC4C3)CC2)c(F)c1. The fourth-order valence-corrected chi connectivity index (χ4v) is 6.83. The minimum atomic E-state index is 0.0227. The Kier molecular flexibility index (Phi) is 6.93. The van der Waals surface area contributed by atoms with Gasteiger partial charge in [-0.2, -0.15) is 0 Å². The summed E-state index contributed by atoms with van der Waals surface area (Å²) in [5, 5.41) is 0. The van der Waals surface area contributed by atoms with Crippen LogP contribution in [0.15, 0.2) is 43.5 Å². The van der Waals surface area contributed by atoms with E-state index < -0.39 is 0 Å². The molecular formula is C28H39F. The van der Waals surface area contributed by atoms with Gasteiger partial charge in [0.2, 0.25) is 0 Å². The maximum atomic E-state index is 14.7. The van der Waals surface area contributed by atoms with E-state index in [1.54, 1.807) is 6.07 Å². The van der Waals surface area contributed by atoms with Crippen LogP contribution in [0.4, 0.5) is 4.39 Å². The Morgan fingerprint density at radius 2 is 1.48 bits per heavy atom. The lowest BCUT2D eigenvalue weighted by atomic mass is 9.61. The fraction of sp³-hybridized carbons (Fsp3) is 0.643. The number of rotatable bonds is 6. The average molecular weight is 395 g/mol. The molecule has 1 heteroatoms. The molecule has 0 heterocycles. The monoisotopic (exact) mass is 394 g/mol. The molecule has 0 saturated heterocycles. The molecule has 3 saturated carbocycles. The van der Waals surface area contributed by atoms with Gasteiger partial charge in [0, 0.05) is 0 Å². The third kappa shape index (κ3) is 4.86. The van der Waals surface area contributed by atoms with E-state index in [0.717, 1.165) is 53.6 Å². The molecule has 1 aromatic carbocycles. The number of fused-ring (bicyclic) bond motifs is 1. The summed E-state index contributed by atoms with van der Waals surface area (Å²) >= 11 is 0. The summed E-state index contributed by atoms with van der Waals surface area (Å²) in [4.78, 5) is 0. The summed E-state index contributed by atoms with van der Waals surface area (Å²) in [6, 6.07) is 5.97. The molecule has 0 radical (unpaired) electrons. The predicted octanol–water partition coefficient (Wildman–Crippen LogP) is 8.24. The molecular weight excluding hydrogens is 355 g/mol. The smallest absolute Gasteiger partial charge is 0.126 e. The van der Waals surface area contributed by atoms with E-state index in [1.807, 2.05) is 6.08 Å². The molecule has 0 aromatic heterocycles. The molecule has 0 N–H and O–H groups in total. The van der Waals surface area contributed by atoms with Gasteiger partial charge in [-0.05, 0) is 130 Å². The van der Waals surface area contributed by atoms with Gasteiger partial charge in [0.15, 0.2) is 0 Å². The second-order valence-electron chi connectivity index (χ2n) is 10.2. The van der Waals surface area contributed by atoms with E-state index in [-0.39, 0.29) is 5.82 Å². The van der Waals surface area contributed by atoms with Gasteiger partial charge in [-0.15, -0.1) is 13.2 Å². The normalized spacial score (nSPS) is 34.9. The van der Waals surface area contributed by atoms with Crippen molar-refractivity contribution in [3.63, 3.8) is 0 Å². The molecule has 29 heavy (non-hydrogen) atoms. The maximum absolute atomic E-state index is 14.7. The minimum absolute atomic E-state index is 0.0227. The van der Waals surface area contributed by atoms with Crippen LogP contribution in [0, 0.1) is 35.4 Å². The summed E-state index contributed by atoms with van der Waals surface area (Å²) in [6.07, 6.45) is 19.4. The zero-order valence-electron chi connectivity index (χ0n) is 18.1. The van der Waals surface area contributed by atoms with Crippen molar-refractivity contribution in [2.75, 3.05) is 0 Å². The highest BCUT2D eigenvalue weighted by atomic mass is 19.1. The lowest BCUT2D eigenvalue weighted by Gasteiger charge is -2.45. The van der Waals surface area contributed by atoms with Crippen molar-refractivity contribution >= 4 is 0 Å². The number of allylic oxidation sites excluding steroid dienone is 2. The molecule has 4 rings (SSSR count). The van der Waals surface area contributed by atoms with Gasteiger partial charge < -0.3 is 0 Å². The first-order valence-electron chi connectivity index (χ1n) is 12.2. The fourth-order valence-electron chi connectivity index (χ4n) is 6.83. The molecule has 1 aromatic rings. The van der Waals surface area contributed by atoms with Crippen molar-refractivity contribution in [1.29, 1.82) is 0 Å². The lowest BCUT2D eigenvalue weighted by Crippen LogP contribution is -2.34. The van der Waals surface area contributed by atoms with Gasteiger partial charge in [-0.25, -0.2) is 4.39 Å². The Labute approximate surface area is 177 Å². The van der Waals surface area contributed by atoms with E-state index in [1.165, 1.54) is 64.2 Å². The van der Waals surface area contributed by atoms with Crippen molar-refractivity contribution in [3.05, 3.63) is 60.5 Å². The quantitative estimate of drug-likeness (QED) is 0.426. The van der Waals surface area contributed by atoms with Crippen LogP contribution >= 0.6 is 0 Å². The summed E-state index contributed by atoms with van der Waals surface area (Å²) in [6.45, 7) is 7.80. The molecule has 0 amide bonds. The third-order valence-electron chi connectivity index (χ3n) is 8.61. The Balaban J connectivity index is 1.30. The van der Waals surface area contributed by atoms with E-state index >= 15 is 0 Å². The highest BCUT2D eigenvalue weighted by Crippen LogP contribution is 2.50. The molecule has 158 valence electrons. The van der Waals surface area contributed by atoms with Crippen LogP contribution in [0.2, 0.25) is 0 Å². The number of hydrogen-bond acceptors (Lipinski definition) is 0. The highest BCUT2D eigenvalue weighted by molar-refractivity contribution is 5.28. The van der Waals surface area contributed by atoms with Gasteiger partial charge >= 0.3 is 0 Å². The average Bonchev–Trinajstić information content (AvgIpc) is 2.77. The van der Waals surface area contributed by atoms with Crippen molar-refractivity contribution < 1.29 is 4.39 Å². The van der Waals surface area contributed by atoms with E-state index in [2.05, 4.69) is 31.4 Å². The van der Waals surface area contributed by atoms with Crippen molar-refractivity contribution in [2.45, 2.75) is 83.0 Å². The Bertz CT molecular complexity index is 696. The van der Waals surface area contributed by atoms with Crippen molar-refractivity contribution in [2.24, 2.45) is 29.6 Å². The first kappa shape index (κ1) is 20.9. The van der Waals surface area contributed by atoms with Crippen LogP contribution in [0.1, 0.15) is 87.7 Å². The largest absolute Gasteiger partial charge is 0.207 e. The van der Waals surface area contributed by atoms with E-state index in [4.69, 9.17) is 0 Å².